The van der Waals surface area contributed by atoms with Crippen molar-refractivity contribution in [3.8, 4) is 5.75 Å². The molecule has 0 spiro atoms. The maximum absolute atomic E-state index is 12.2. The summed E-state index contributed by atoms with van der Waals surface area (Å²) in [6.45, 7) is 2.13. The third kappa shape index (κ3) is 1.74. The molecule has 3 heteroatoms. The number of carbonyl (C=O) groups is 1. The van der Waals surface area contributed by atoms with E-state index in [1.165, 1.54) is 0 Å². The molecule has 96 valence electrons. The number of methoxy groups -OCH3 is 1. The molecule has 1 saturated heterocycles. The van der Waals surface area contributed by atoms with Gasteiger partial charge in [0.05, 0.1) is 7.11 Å². The monoisotopic (exact) mass is 245 g/mol. The van der Waals surface area contributed by atoms with E-state index >= 15 is 0 Å². The number of nitrogens with zero attached hydrogens (tertiary/aromatic N) is 1. The van der Waals surface area contributed by atoms with Crippen molar-refractivity contribution < 1.29 is 9.53 Å². The third-order valence-corrected chi connectivity index (χ3v) is 4.36. The average molecular weight is 245 g/mol. The molecule has 1 heterocycles. The molecule has 2 atom stereocenters. The molecule has 1 aliphatic heterocycles. The molecule has 1 aromatic carbocycles. The molecule has 0 saturated carbocycles. The van der Waals surface area contributed by atoms with E-state index in [9.17, 15) is 4.79 Å². The fourth-order valence-corrected chi connectivity index (χ4v) is 3.43. The van der Waals surface area contributed by atoms with Crippen LogP contribution in [0.1, 0.15) is 34.7 Å². The Hall–Kier alpha value is -1.35. The second kappa shape index (κ2) is 4.39. The van der Waals surface area contributed by atoms with Gasteiger partial charge in [-0.05, 0) is 32.0 Å². The van der Waals surface area contributed by atoms with Crippen LogP contribution in [0.25, 0.3) is 0 Å². The minimum absolute atomic E-state index is 0.287. The van der Waals surface area contributed by atoms with Crippen LogP contribution in [0.3, 0.4) is 0 Å². The zero-order chi connectivity index (χ0) is 12.7. The lowest BCUT2D eigenvalue weighted by Crippen LogP contribution is -2.40. The Morgan fingerprint density at radius 1 is 1.39 bits per heavy atom. The maximum Gasteiger partial charge on any atom is 0.163 e. The van der Waals surface area contributed by atoms with Crippen LogP contribution < -0.4 is 4.74 Å². The van der Waals surface area contributed by atoms with E-state index < -0.39 is 0 Å². The van der Waals surface area contributed by atoms with E-state index in [0.29, 0.717) is 18.3 Å². The molecule has 0 bridgehead atoms. The SMILES string of the molecule is COc1cccc2c1[C@H]1CN(C)CC[C@@H]1CC2=O. The predicted molar refractivity (Wildman–Crippen MR) is 70.3 cm³/mol. The Labute approximate surface area is 108 Å². The van der Waals surface area contributed by atoms with Gasteiger partial charge in [-0.2, -0.15) is 0 Å². The van der Waals surface area contributed by atoms with E-state index in [2.05, 4.69) is 11.9 Å². The third-order valence-electron chi connectivity index (χ3n) is 4.36. The van der Waals surface area contributed by atoms with E-state index in [0.717, 1.165) is 36.4 Å². The van der Waals surface area contributed by atoms with Crippen LogP contribution >= 0.6 is 0 Å². The molecule has 0 radical (unpaired) electrons. The van der Waals surface area contributed by atoms with Gasteiger partial charge in [0.2, 0.25) is 0 Å². The number of likely N-dealkylation sites (N-methyl/N-ethyl adjacent to an activating group) is 1. The first-order chi connectivity index (χ1) is 8.70. The number of fused-ring (bicyclic) bond motifs is 3. The first-order valence-electron chi connectivity index (χ1n) is 6.59. The van der Waals surface area contributed by atoms with Gasteiger partial charge in [-0.25, -0.2) is 0 Å². The summed E-state index contributed by atoms with van der Waals surface area (Å²) < 4.78 is 5.47. The number of ether oxygens (including phenoxy) is 1. The summed E-state index contributed by atoms with van der Waals surface area (Å²) in [5, 5.41) is 0. The number of rotatable bonds is 1. The van der Waals surface area contributed by atoms with Gasteiger partial charge in [0.1, 0.15) is 5.75 Å². The van der Waals surface area contributed by atoms with Gasteiger partial charge in [0.15, 0.2) is 5.78 Å². The Bertz CT molecular complexity index is 483. The zero-order valence-corrected chi connectivity index (χ0v) is 11.0. The fraction of sp³-hybridized carbons (Fsp3) is 0.533. The van der Waals surface area contributed by atoms with Gasteiger partial charge in [-0.15, -0.1) is 0 Å². The molecule has 1 aromatic rings. The standard InChI is InChI=1S/C15H19NO2/c1-16-7-6-10-8-13(17)11-4-3-5-14(18-2)15(11)12(10)9-16/h3-5,10,12H,6-9H2,1-2H3/t10-,12+/m1/s1. The highest BCUT2D eigenvalue weighted by Gasteiger charge is 2.38. The average Bonchev–Trinajstić information content (AvgIpc) is 2.39. The maximum atomic E-state index is 12.2. The second-order valence-electron chi connectivity index (χ2n) is 5.47. The summed E-state index contributed by atoms with van der Waals surface area (Å²) in [5.74, 6) is 2.12. The van der Waals surface area contributed by atoms with Crippen LogP contribution in [0.2, 0.25) is 0 Å². The van der Waals surface area contributed by atoms with Crippen molar-refractivity contribution in [1.29, 1.82) is 0 Å². The molecular formula is C15H19NO2. The van der Waals surface area contributed by atoms with Crippen LogP contribution in [-0.4, -0.2) is 37.9 Å². The molecule has 3 rings (SSSR count). The highest BCUT2D eigenvalue weighted by Crippen LogP contribution is 2.44. The Balaban J connectivity index is 2.10. The van der Waals surface area contributed by atoms with E-state index in [4.69, 9.17) is 4.74 Å². The number of benzene rings is 1. The van der Waals surface area contributed by atoms with E-state index in [1.807, 2.05) is 18.2 Å². The van der Waals surface area contributed by atoms with Crippen LogP contribution in [0.4, 0.5) is 0 Å². The minimum atomic E-state index is 0.287. The first kappa shape index (κ1) is 11.7. The summed E-state index contributed by atoms with van der Waals surface area (Å²) >= 11 is 0. The lowest BCUT2D eigenvalue weighted by Gasteiger charge is -2.40. The van der Waals surface area contributed by atoms with Gasteiger partial charge < -0.3 is 9.64 Å². The summed E-state index contributed by atoms with van der Waals surface area (Å²) in [5.41, 5.74) is 2.03. The van der Waals surface area contributed by atoms with Gasteiger partial charge in [-0.3, -0.25) is 4.79 Å². The molecule has 1 aliphatic carbocycles. The van der Waals surface area contributed by atoms with Crippen LogP contribution in [0, 0.1) is 5.92 Å². The van der Waals surface area contributed by atoms with Crippen molar-refractivity contribution in [3.63, 3.8) is 0 Å². The molecule has 3 nitrogen and oxygen atoms in total. The molecule has 18 heavy (non-hydrogen) atoms. The molecule has 2 aliphatic rings. The highest BCUT2D eigenvalue weighted by molar-refractivity contribution is 5.99. The number of piperidine rings is 1. The van der Waals surface area contributed by atoms with Crippen molar-refractivity contribution in [1.82, 2.24) is 4.90 Å². The summed E-state index contributed by atoms with van der Waals surface area (Å²) in [4.78, 5) is 14.6. The largest absolute Gasteiger partial charge is 0.496 e. The van der Waals surface area contributed by atoms with E-state index in [-0.39, 0.29) is 5.78 Å². The number of carbonyl (C=O) groups excluding carboxylic acids is 1. The lowest BCUT2D eigenvalue weighted by atomic mass is 9.71. The summed E-state index contributed by atoms with van der Waals surface area (Å²) in [6, 6.07) is 5.84. The van der Waals surface area contributed by atoms with Gasteiger partial charge in [0, 0.05) is 30.0 Å². The quantitative estimate of drug-likeness (QED) is 0.760. The molecule has 0 unspecified atom stereocenters. The van der Waals surface area contributed by atoms with Gasteiger partial charge in [0.25, 0.3) is 0 Å². The van der Waals surface area contributed by atoms with Gasteiger partial charge >= 0.3 is 0 Å². The summed E-state index contributed by atoms with van der Waals surface area (Å²) in [6.07, 6.45) is 1.82. The second-order valence-corrected chi connectivity index (χ2v) is 5.47. The van der Waals surface area contributed by atoms with Crippen molar-refractivity contribution in [2.45, 2.75) is 18.8 Å². The molecule has 0 amide bonds. The lowest BCUT2D eigenvalue weighted by molar-refractivity contribution is 0.0884. The number of hydrogen-bond donors (Lipinski definition) is 0. The van der Waals surface area contributed by atoms with Crippen molar-refractivity contribution in [2.24, 2.45) is 5.92 Å². The smallest absolute Gasteiger partial charge is 0.163 e. The van der Waals surface area contributed by atoms with Gasteiger partial charge in [-0.1, -0.05) is 12.1 Å². The number of hydrogen-bond acceptors (Lipinski definition) is 3. The highest BCUT2D eigenvalue weighted by atomic mass is 16.5. The van der Waals surface area contributed by atoms with Crippen LogP contribution in [0.5, 0.6) is 5.75 Å². The fourth-order valence-electron chi connectivity index (χ4n) is 3.43. The Kier molecular flexibility index (Phi) is 2.86. The van der Waals surface area contributed by atoms with Crippen LogP contribution in [-0.2, 0) is 0 Å². The zero-order valence-electron chi connectivity index (χ0n) is 11.0. The Morgan fingerprint density at radius 3 is 3.00 bits per heavy atom. The van der Waals surface area contributed by atoms with Crippen molar-refractivity contribution >= 4 is 5.78 Å². The van der Waals surface area contributed by atoms with Crippen LogP contribution in [0.15, 0.2) is 18.2 Å². The topological polar surface area (TPSA) is 29.5 Å². The molecule has 1 fully saturated rings. The van der Waals surface area contributed by atoms with Crippen molar-refractivity contribution in [3.05, 3.63) is 29.3 Å². The minimum Gasteiger partial charge on any atom is -0.496 e. The molecule has 0 aromatic heterocycles. The molecule has 0 N–H and O–H groups in total. The first-order valence-corrected chi connectivity index (χ1v) is 6.59. The van der Waals surface area contributed by atoms with Crippen molar-refractivity contribution in [2.75, 3.05) is 27.2 Å². The predicted octanol–water partition coefficient (Wildman–Crippen LogP) is 2.32. The summed E-state index contributed by atoms with van der Waals surface area (Å²) in [7, 11) is 3.85. The normalized spacial score (nSPS) is 27.6. The number of Topliss-reactive ketones (excluding diaryl/α,β-unsaturated/α-hetero) is 1. The molecular weight excluding hydrogens is 226 g/mol. The number of ketones is 1. The number of likely N-dealkylation sites (tertiary alicyclic amines) is 1. The van der Waals surface area contributed by atoms with E-state index in [1.54, 1.807) is 7.11 Å². The Morgan fingerprint density at radius 2 is 2.22 bits per heavy atom.